The second-order valence-electron chi connectivity index (χ2n) is 7.42. The number of likely N-dealkylation sites (tertiary alicyclic amines) is 1. The molecule has 1 aromatic heterocycles. The van der Waals surface area contributed by atoms with Crippen LogP contribution in [0.2, 0.25) is 0 Å². The zero-order chi connectivity index (χ0) is 16.0. The summed E-state index contributed by atoms with van der Waals surface area (Å²) in [5.41, 5.74) is 0.481. The van der Waals surface area contributed by atoms with Crippen molar-refractivity contribution in [3.63, 3.8) is 0 Å². The predicted molar refractivity (Wildman–Crippen MR) is 86.5 cm³/mol. The summed E-state index contributed by atoms with van der Waals surface area (Å²) in [5, 5.41) is 3.96. The summed E-state index contributed by atoms with van der Waals surface area (Å²) in [7, 11) is 0. The van der Waals surface area contributed by atoms with Crippen LogP contribution in [-0.4, -0.2) is 77.1 Å². The van der Waals surface area contributed by atoms with E-state index in [0.717, 1.165) is 57.9 Å². The lowest BCUT2D eigenvalue weighted by atomic mass is 10.0. The van der Waals surface area contributed by atoms with E-state index in [2.05, 4.69) is 28.8 Å². The standard InChI is InChI=1S/C17H26N4O2/c1-12(2)19-5-7-20(8-6-19)14-10-21(11-14)17(22)15-9-16(23-18-15)13-3-4-13/h9,12-14H,3-8,10-11H2,1-2H3. The zero-order valence-corrected chi connectivity index (χ0v) is 14.1. The first kappa shape index (κ1) is 15.1. The normalized spacial score (nSPS) is 24.2. The Kier molecular flexibility index (Phi) is 3.89. The van der Waals surface area contributed by atoms with Gasteiger partial charge in [0, 0.05) is 63.3 Å². The number of aromatic nitrogens is 1. The van der Waals surface area contributed by atoms with Gasteiger partial charge in [-0.05, 0) is 26.7 Å². The number of hydrogen-bond acceptors (Lipinski definition) is 5. The minimum Gasteiger partial charge on any atom is -0.360 e. The number of carbonyl (C=O) groups excluding carboxylic acids is 1. The fourth-order valence-electron chi connectivity index (χ4n) is 3.58. The van der Waals surface area contributed by atoms with Gasteiger partial charge in [-0.2, -0.15) is 0 Å². The van der Waals surface area contributed by atoms with Crippen LogP contribution in [0, 0.1) is 0 Å². The lowest BCUT2D eigenvalue weighted by molar-refractivity contribution is 0.00270. The third-order valence-corrected chi connectivity index (χ3v) is 5.47. The van der Waals surface area contributed by atoms with E-state index in [1.807, 2.05) is 11.0 Å². The van der Waals surface area contributed by atoms with Gasteiger partial charge < -0.3 is 9.42 Å². The number of rotatable bonds is 4. The molecule has 0 aromatic carbocycles. The number of hydrogen-bond donors (Lipinski definition) is 0. The molecule has 0 spiro atoms. The van der Waals surface area contributed by atoms with E-state index in [1.54, 1.807) is 0 Å². The van der Waals surface area contributed by atoms with E-state index in [9.17, 15) is 4.79 Å². The first-order valence-corrected chi connectivity index (χ1v) is 8.86. The van der Waals surface area contributed by atoms with E-state index >= 15 is 0 Å². The maximum Gasteiger partial charge on any atom is 0.276 e. The van der Waals surface area contributed by atoms with Crippen LogP contribution in [0.15, 0.2) is 10.6 Å². The second kappa shape index (κ2) is 5.91. The Labute approximate surface area is 137 Å². The Bertz CT molecular complexity index is 567. The molecule has 2 aliphatic heterocycles. The zero-order valence-electron chi connectivity index (χ0n) is 14.1. The molecule has 1 saturated carbocycles. The van der Waals surface area contributed by atoms with Gasteiger partial charge in [0.2, 0.25) is 0 Å². The summed E-state index contributed by atoms with van der Waals surface area (Å²) in [4.78, 5) is 19.4. The van der Waals surface area contributed by atoms with Crippen molar-refractivity contribution >= 4 is 5.91 Å². The number of nitrogens with zero attached hydrogens (tertiary/aromatic N) is 4. The van der Waals surface area contributed by atoms with Crippen molar-refractivity contribution in [1.29, 1.82) is 0 Å². The largest absolute Gasteiger partial charge is 0.360 e. The molecule has 3 fully saturated rings. The molecule has 1 aliphatic carbocycles. The van der Waals surface area contributed by atoms with E-state index in [1.165, 1.54) is 0 Å². The molecule has 4 rings (SSSR count). The number of carbonyl (C=O) groups is 1. The Balaban J connectivity index is 1.27. The summed E-state index contributed by atoms with van der Waals surface area (Å²) >= 11 is 0. The van der Waals surface area contributed by atoms with Gasteiger partial charge in [0.1, 0.15) is 5.76 Å². The van der Waals surface area contributed by atoms with E-state index in [4.69, 9.17) is 4.52 Å². The number of amides is 1. The molecule has 3 heterocycles. The van der Waals surface area contributed by atoms with Crippen LogP contribution in [0.3, 0.4) is 0 Å². The first-order valence-electron chi connectivity index (χ1n) is 8.86. The Hall–Kier alpha value is -1.40. The highest BCUT2D eigenvalue weighted by atomic mass is 16.5. The molecular formula is C17H26N4O2. The second-order valence-corrected chi connectivity index (χ2v) is 7.42. The molecule has 3 aliphatic rings. The molecule has 23 heavy (non-hydrogen) atoms. The van der Waals surface area contributed by atoms with Crippen molar-refractivity contribution in [2.24, 2.45) is 0 Å². The maximum atomic E-state index is 12.4. The molecule has 1 aromatic rings. The van der Waals surface area contributed by atoms with Crippen LogP contribution in [-0.2, 0) is 0 Å². The highest BCUT2D eigenvalue weighted by Crippen LogP contribution is 2.40. The molecule has 0 atom stereocenters. The Morgan fingerprint density at radius 3 is 2.52 bits per heavy atom. The molecule has 0 bridgehead atoms. The summed E-state index contributed by atoms with van der Waals surface area (Å²) < 4.78 is 5.29. The average molecular weight is 318 g/mol. The van der Waals surface area contributed by atoms with Crippen LogP contribution in [0.5, 0.6) is 0 Å². The van der Waals surface area contributed by atoms with Crippen LogP contribution < -0.4 is 0 Å². The SMILES string of the molecule is CC(C)N1CCN(C2CN(C(=O)c3cc(C4CC4)on3)C2)CC1. The quantitative estimate of drug-likeness (QED) is 0.840. The van der Waals surface area contributed by atoms with E-state index in [-0.39, 0.29) is 5.91 Å². The first-order chi connectivity index (χ1) is 11.1. The summed E-state index contributed by atoms with van der Waals surface area (Å²) in [6, 6.07) is 2.99. The fraction of sp³-hybridized carbons (Fsp3) is 0.765. The van der Waals surface area contributed by atoms with Crippen molar-refractivity contribution in [3.05, 3.63) is 17.5 Å². The van der Waals surface area contributed by atoms with Gasteiger partial charge in [-0.25, -0.2) is 0 Å². The molecule has 6 heteroatoms. The summed E-state index contributed by atoms with van der Waals surface area (Å²) in [5.74, 6) is 1.42. The average Bonchev–Trinajstić information content (AvgIpc) is 3.23. The van der Waals surface area contributed by atoms with Crippen molar-refractivity contribution in [3.8, 4) is 0 Å². The third kappa shape index (κ3) is 3.02. The van der Waals surface area contributed by atoms with Crippen LogP contribution in [0.4, 0.5) is 0 Å². The van der Waals surface area contributed by atoms with Gasteiger partial charge in [-0.1, -0.05) is 5.16 Å². The Morgan fingerprint density at radius 2 is 1.91 bits per heavy atom. The molecule has 126 valence electrons. The van der Waals surface area contributed by atoms with Gasteiger partial charge in [0.15, 0.2) is 5.69 Å². The Morgan fingerprint density at radius 1 is 1.22 bits per heavy atom. The van der Waals surface area contributed by atoms with Gasteiger partial charge in [0.25, 0.3) is 5.91 Å². The summed E-state index contributed by atoms with van der Waals surface area (Å²) in [6.45, 7) is 10.7. The monoisotopic (exact) mass is 318 g/mol. The molecule has 0 unspecified atom stereocenters. The van der Waals surface area contributed by atoms with Crippen molar-refractivity contribution in [1.82, 2.24) is 19.9 Å². The molecule has 0 radical (unpaired) electrons. The third-order valence-electron chi connectivity index (χ3n) is 5.47. The fourth-order valence-corrected chi connectivity index (χ4v) is 3.58. The molecule has 2 saturated heterocycles. The summed E-state index contributed by atoms with van der Waals surface area (Å²) in [6.07, 6.45) is 2.33. The minimum atomic E-state index is 0.0257. The maximum absolute atomic E-state index is 12.4. The topological polar surface area (TPSA) is 52.8 Å². The highest BCUT2D eigenvalue weighted by Gasteiger charge is 2.38. The molecule has 0 N–H and O–H groups in total. The van der Waals surface area contributed by atoms with Crippen molar-refractivity contribution in [2.75, 3.05) is 39.3 Å². The lowest BCUT2D eigenvalue weighted by Crippen LogP contribution is -2.64. The van der Waals surface area contributed by atoms with Crippen molar-refractivity contribution < 1.29 is 9.32 Å². The van der Waals surface area contributed by atoms with E-state index in [0.29, 0.717) is 23.7 Å². The van der Waals surface area contributed by atoms with Crippen LogP contribution in [0.1, 0.15) is 48.9 Å². The molecule has 6 nitrogen and oxygen atoms in total. The minimum absolute atomic E-state index is 0.0257. The van der Waals surface area contributed by atoms with Crippen LogP contribution in [0.25, 0.3) is 0 Å². The van der Waals surface area contributed by atoms with Crippen LogP contribution >= 0.6 is 0 Å². The molecular weight excluding hydrogens is 292 g/mol. The highest BCUT2D eigenvalue weighted by molar-refractivity contribution is 5.92. The van der Waals surface area contributed by atoms with Gasteiger partial charge >= 0.3 is 0 Å². The smallest absolute Gasteiger partial charge is 0.276 e. The molecule has 1 amide bonds. The van der Waals surface area contributed by atoms with E-state index < -0.39 is 0 Å². The number of piperazine rings is 1. The predicted octanol–water partition coefficient (Wildman–Crippen LogP) is 1.40. The lowest BCUT2D eigenvalue weighted by Gasteiger charge is -2.48. The van der Waals surface area contributed by atoms with Gasteiger partial charge in [-0.15, -0.1) is 0 Å². The van der Waals surface area contributed by atoms with Gasteiger partial charge in [0.05, 0.1) is 0 Å². The van der Waals surface area contributed by atoms with Crippen molar-refractivity contribution in [2.45, 2.75) is 44.7 Å². The van der Waals surface area contributed by atoms with Gasteiger partial charge in [-0.3, -0.25) is 14.6 Å².